The van der Waals surface area contributed by atoms with Gasteiger partial charge in [0, 0.05) is 35.2 Å². The quantitative estimate of drug-likeness (QED) is 0.161. The van der Waals surface area contributed by atoms with Gasteiger partial charge in [-0.05, 0) is 32.9 Å². The highest BCUT2D eigenvalue weighted by atomic mass is 32.2. The first-order chi connectivity index (χ1) is 18.2. The number of nitro benzene ring substituents is 1. The largest absolute Gasteiger partial charge is 0.342 e. The number of aryl methyl sites for hydroxylation is 1. The third kappa shape index (κ3) is 6.42. The van der Waals surface area contributed by atoms with Crippen LogP contribution < -0.4 is 10.6 Å². The molecule has 0 saturated heterocycles. The molecule has 2 N–H and O–H groups in total. The summed E-state index contributed by atoms with van der Waals surface area (Å²) >= 11 is 2.46. The number of nitrogens with one attached hydrogen (secondary N) is 2. The minimum atomic E-state index is -0.463. The molecule has 2 heterocycles. The molecule has 0 fully saturated rings. The second kappa shape index (κ2) is 12.0. The number of carbonyl (C=O) groups is 2. The molecule has 0 unspecified atom stereocenters. The zero-order valence-corrected chi connectivity index (χ0v) is 22.5. The van der Waals surface area contributed by atoms with Gasteiger partial charge in [0.2, 0.25) is 5.91 Å². The third-order valence-corrected chi connectivity index (χ3v) is 7.24. The fraction of sp³-hybridized carbons (Fsp3) is 0.240. The van der Waals surface area contributed by atoms with E-state index in [1.54, 1.807) is 23.6 Å². The average molecular weight is 552 g/mol. The van der Waals surface area contributed by atoms with Gasteiger partial charge in [0.1, 0.15) is 0 Å². The van der Waals surface area contributed by atoms with Gasteiger partial charge < -0.3 is 15.2 Å². The second-order valence-corrected chi connectivity index (χ2v) is 10.1. The van der Waals surface area contributed by atoms with Gasteiger partial charge in [0.15, 0.2) is 16.1 Å². The summed E-state index contributed by atoms with van der Waals surface area (Å²) in [5.41, 5.74) is 2.68. The Balaban J connectivity index is 1.36. The van der Waals surface area contributed by atoms with Gasteiger partial charge >= 0.3 is 0 Å². The van der Waals surface area contributed by atoms with E-state index < -0.39 is 4.92 Å². The third-order valence-electron chi connectivity index (χ3n) is 5.51. The molecule has 0 saturated carbocycles. The maximum atomic E-state index is 12.7. The molecule has 0 bridgehead atoms. The lowest BCUT2D eigenvalue weighted by Crippen LogP contribution is -2.28. The van der Waals surface area contributed by atoms with Crippen LogP contribution in [-0.2, 0) is 11.3 Å². The summed E-state index contributed by atoms with van der Waals surface area (Å²) in [6.07, 6.45) is 0. The van der Waals surface area contributed by atoms with Gasteiger partial charge in [-0.3, -0.25) is 19.7 Å². The van der Waals surface area contributed by atoms with Crippen molar-refractivity contribution in [1.29, 1.82) is 0 Å². The summed E-state index contributed by atoms with van der Waals surface area (Å²) in [5, 5.41) is 27.9. The predicted octanol–water partition coefficient (Wildman–Crippen LogP) is 4.86. The number of non-ortho nitro benzene ring substituents is 1. The summed E-state index contributed by atoms with van der Waals surface area (Å²) in [5.74, 6) is 0.197. The summed E-state index contributed by atoms with van der Waals surface area (Å²) in [7, 11) is 0. The number of thiazole rings is 1. The van der Waals surface area contributed by atoms with Crippen LogP contribution in [0.2, 0.25) is 0 Å². The molecule has 13 heteroatoms. The van der Waals surface area contributed by atoms with Crippen molar-refractivity contribution in [3.8, 4) is 11.3 Å². The lowest BCUT2D eigenvalue weighted by atomic mass is 10.1. The van der Waals surface area contributed by atoms with E-state index in [1.165, 1.54) is 35.2 Å². The van der Waals surface area contributed by atoms with Crippen molar-refractivity contribution in [1.82, 2.24) is 25.1 Å². The second-order valence-electron chi connectivity index (χ2n) is 8.33. The smallest absolute Gasteiger partial charge is 0.270 e. The molecule has 196 valence electrons. The normalized spacial score (nSPS) is 11.7. The van der Waals surface area contributed by atoms with E-state index >= 15 is 0 Å². The van der Waals surface area contributed by atoms with Crippen LogP contribution in [0.25, 0.3) is 11.3 Å². The number of nitrogens with zero attached hydrogens (tertiary/aromatic N) is 5. The molecule has 4 rings (SSSR count). The Bertz CT molecular complexity index is 1480. The number of aromatic nitrogens is 4. The molecule has 2 aromatic heterocycles. The van der Waals surface area contributed by atoms with Gasteiger partial charge in [-0.2, -0.15) is 0 Å². The number of amides is 2. The van der Waals surface area contributed by atoms with Crippen molar-refractivity contribution in [3.63, 3.8) is 0 Å². The minimum Gasteiger partial charge on any atom is -0.342 e. The van der Waals surface area contributed by atoms with Crippen molar-refractivity contribution < 1.29 is 14.5 Å². The molecule has 0 aliphatic carbocycles. The maximum Gasteiger partial charge on any atom is 0.270 e. The van der Waals surface area contributed by atoms with Gasteiger partial charge in [-0.25, -0.2) is 4.98 Å². The minimum absolute atomic E-state index is 0.0269. The van der Waals surface area contributed by atoms with Crippen molar-refractivity contribution in [2.45, 2.75) is 38.5 Å². The van der Waals surface area contributed by atoms with Crippen LogP contribution >= 0.6 is 23.1 Å². The zero-order chi connectivity index (χ0) is 27.2. The maximum absolute atomic E-state index is 12.7. The highest BCUT2D eigenvalue weighted by molar-refractivity contribution is 7.99. The fourth-order valence-corrected chi connectivity index (χ4v) is 5.23. The summed E-state index contributed by atoms with van der Waals surface area (Å²) in [6, 6.07) is 13.1. The number of anilines is 1. The van der Waals surface area contributed by atoms with E-state index in [0.29, 0.717) is 39.5 Å². The van der Waals surface area contributed by atoms with Crippen LogP contribution in [-0.4, -0.2) is 42.2 Å². The monoisotopic (exact) mass is 551 g/mol. The van der Waals surface area contributed by atoms with Gasteiger partial charge in [0.05, 0.1) is 22.4 Å². The first-order valence-electron chi connectivity index (χ1n) is 11.7. The standard InChI is InChI=1S/C25H25N7O4S2/c1-4-31-22(16(3)26-23(34)18-9-5-7-15(2)11-18)29-30-25(31)38-14-21(33)28-24-27-20(13-37-24)17-8-6-10-19(12-17)32(35)36/h5-13,16H,4,14H2,1-3H3,(H,26,34)(H,27,28,33)/t16-/m0/s1. The molecular weight excluding hydrogens is 526 g/mol. The van der Waals surface area contributed by atoms with Crippen LogP contribution in [0, 0.1) is 17.0 Å². The highest BCUT2D eigenvalue weighted by Gasteiger charge is 2.20. The van der Waals surface area contributed by atoms with E-state index in [4.69, 9.17) is 0 Å². The molecule has 4 aromatic rings. The predicted molar refractivity (Wildman–Crippen MR) is 146 cm³/mol. The molecule has 11 nitrogen and oxygen atoms in total. The van der Waals surface area contributed by atoms with E-state index in [0.717, 1.165) is 5.56 Å². The number of nitro groups is 1. The Morgan fingerprint density at radius 3 is 2.71 bits per heavy atom. The molecule has 0 radical (unpaired) electrons. The SMILES string of the molecule is CCn1c(SCC(=O)Nc2nc(-c3cccc([N+](=O)[O-])c3)cs2)nnc1[C@H](C)NC(=O)c1cccc(C)c1. The topological polar surface area (TPSA) is 145 Å². The Kier molecular flexibility index (Phi) is 8.48. The van der Waals surface area contributed by atoms with Crippen LogP contribution in [0.4, 0.5) is 10.8 Å². The lowest BCUT2D eigenvalue weighted by Gasteiger charge is -2.15. The molecule has 38 heavy (non-hydrogen) atoms. The average Bonchev–Trinajstić information content (AvgIpc) is 3.54. The van der Waals surface area contributed by atoms with Crippen molar-refractivity contribution in [2.24, 2.45) is 0 Å². The number of hydrogen-bond acceptors (Lipinski definition) is 9. The first-order valence-corrected chi connectivity index (χ1v) is 13.5. The first kappa shape index (κ1) is 26.9. The van der Waals surface area contributed by atoms with Gasteiger partial charge in [-0.15, -0.1) is 21.5 Å². The van der Waals surface area contributed by atoms with Crippen molar-refractivity contribution >= 4 is 45.7 Å². The molecule has 2 amide bonds. The Hall–Kier alpha value is -4.10. The van der Waals surface area contributed by atoms with Crippen LogP contribution in [0.5, 0.6) is 0 Å². The van der Waals surface area contributed by atoms with Gasteiger partial charge in [0.25, 0.3) is 11.6 Å². The number of hydrogen-bond donors (Lipinski definition) is 2. The van der Waals surface area contributed by atoms with Crippen LogP contribution in [0.15, 0.2) is 59.1 Å². The van der Waals surface area contributed by atoms with E-state index in [2.05, 4.69) is 25.8 Å². The Morgan fingerprint density at radius 2 is 1.97 bits per heavy atom. The molecule has 2 aromatic carbocycles. The van der Waals surface area contributed by atoms with Crippen molar-refractivity contribution in [3.05, 3.63) is 81.0 Å². The lowest BCUT2D eigenvalue weighted by molar-refractivity contribution is -0.384. The van der Waals surface area contributed by atoms with Crippen molar-refractivity contribution in [2.75, 3.05) is 11.1 Å². The molecule has 0 aliphatic rings. The highest BCUT2D eigenvalue weighted by Crippen LogP contribution is 2.28. The van der Waals surface area contributed by atoms with E-state index in [1.807, 2.05) is 43.5 Å². The molecule has 0 aliphatic heterocycles. The zero-order valence-electron chi connectivity index (χ0n) is 20.9. The summed E-state index contributed by atoms with van der Waals surface area (Å²) < 4.78 is 1.86. The number of carbonyl (C=O) groups excluding carboxylic acids is 2. The molecule has 1 atom stereocenters. The summed E-state index contributed by atoms with van der Waals surface area (Å²) in [6.45, 7) is 6.28. The summed E-state index contributed by atoms with van der Waals surface area (Å²) in [4.78, 5) is 40.2. The van der Waals surface area contributed by atoms with Crippen LogP contribution in [0.1, 0.15) is 41.6 Å². The Labute approximate surface area is 226 Å². The number of benzene rings is 2. The van der Waals surface area contributed by atoms with E-state index in [-0.39, 0.29) is 29.3 Å². The molecule has 0 spiro atoms. The van der Waals surface area contributed by atoms with E-state index in [9.17, 15) is 19.7 Å². The van der Waals surface area contributed by atoms with Crippen LogP contribution in [0.3, 0.4) is 0 Å². The fourth-order valence-electron chi connectivity index (χ4n) is 3.68. The van der Waals surface area contributed by atoms with Gasteiger partial charge in [-0.1, -0.05) is 41.6 Å². The number of rotatable bonds is 10. The number of thioether (sulfide) groups is 1. The Morgan fingerprint density at radius 1 is 1.18 bits per heavy atom. The molecular formula is C25H25N7O4S2.